The van der Waals surface area contributed by atoms with Gasteiger partial charge in [0.1, 0.15) is 17.9 Å². The van der Waals surface area contributed by atoms with Crippen LogP contribution in [0.4, 0.5) is 0 Å². The predicted molar refractivity (Wildman–Crippen MR) is 102 cm³/mol. The summed E-state index contributed by atoms with van der Waals surface area (Å²) in [7, 11) is 0. The molecule has 0 saturated heterocycles. The molecule has 8 nitrogen and oxygen atoms in total. The maximum atomic E-state index is 9.08. The van der Waals surface area contributed by atoms with Gasteiger partial charge in [0.15, 0.2) is 5.65 Å². The zero-order valence-corrected chi connectivity index (χ0v) is 15.3. The number of nitrogens with zero attached hydrogens (tertiary/aromatic N) is 6. The fourth-order valence-corrected chi connectivity index (χ4v) is 3.76. The molecule has 1 aromatic carbocycles. The van der Waals surface area contributed by atoms with Crippen molar-refractivity contribution in [1.82, 2.24) is 29.4 Å². The van der Waals surface area contributed by atoms with Crippen LogP contribution in [0.15, 0.2) is 43.1 Å². The van der Waals surface area contributed by atoms with Gasteiger partial charge in [-0.3, -0.25) is 9.08 Å². The Morgan fingerprint density at radius 3 is 3.07 bits per heavy atom. The monoisotopic (exact) mass is 376 g/mol. The number of hydrogen-bond acceptors (Lipinski definition) is 6. The van der Waals surface area contributed by atoms with Crippen molar-refractivity contribution < 1.29 is 9.84 Å². The Balaban J connectivity index is 1.44. The molecule has 0 aliphatic carbocycles. The normalized spacial score (nSPS) is 13.0. The highest BCUT2D eigenvalue weighted by molar-refractivity contribution is 5.75. The van der Waals surface area contributed by atoms with Crippen molar-refractivity contribution in [3.8, 4) is 16.9 Å². The zero-order chi connectivity index (χ0) is 18.9. The van der Waals surface area contributed by atoms with E-state index in [4.69, 9.17) is 9.84 Å². The average molecular weight is 376 g/mol. The minimum absolute atomic E-state index is 0.0485. The maximum Gasteiger partial charge on any atom is 0.171 e. The molecule has 0 atom stereocenters. The quantitative estimate of drug-likeness (QED) is 0.551. The van der Waals surface area contributed by atoms with E-state index in [9.17, 15) is 0 Å². The minimum Gasteiger partial charge on any atom is -0.493 e. The minimum atomic E-state index is 0.0485. The van der Waals surface area contributed by atoms with Gasteiger partial charge in [-0.15, -0.1) is 10.2 Å². The lowest BCUT2D eigenvalue weighted by atomic mass is 10.0. The summed E-state index contributed by atoms with van der Waals surface area (Å²) in [6.07, 6.45) is 9.83. The standard InChI is InChI=1S/C20H20N6O2/c27-8-7-25-12-15(10-23-25)17-11-21-19(26-13-22-24-20(17)26)5-4-14-2-1-3-18-16(14)6-9-28-18/h1-3,10-13,27H,4-9H2. The van der Waals surface area contributed by atoms with Crippen LogP contribution in [0.3, 0.4) is 0 Å². The summed E-state index contributed by atoms with van der Waals surface area (Å²) in [6, 6.07) is 6.25. The van der Waals surface area contributed by atoms with E-state index in [1.165, 1.54) is 11.1 Å². The second-order valence-electron chi connectivity index (χ2n) is 6.82. The van der Waals surface area contributed by atoms with Crippen LogP contribution in [0.1, 0.15) is 17.0 Å². The number of fused-ring (bicyclic) bond motifs is 2. The van der Waals surface area contributed by atoms with Gasteiger partial charge in [-0.25, -0.2) is 4.98 Å². The number of benzene rings is 1. The maximum absolute atomic E-state index is 9.08. The SMILES string of the molecule is OCCn1cc(-c2cnc(CCc3cccc4c3CCO4)n3cnnc23)cn1. The van der Waals surface area contributed by atoms with Gasteiger partial charge < -0.3 is 9.84 Å². The van der Waals surface area contributed by atoms with E-state index in [1.54, 1.807) is 17.2 Å². The van der Waals surface area contributed by atoms with Gasteiger partial charge in [0.25, 0.3) is 0 Å². The van der Waals surface area contributed by atoms with E-state index in [-0.39, 0.29) is 6.61 Å². The van der Waals surface area contributed by atoms with Gasteiger partial charge >= 0.3 is 0 Å². The number of rotatable bonds is 6. The summed E-state index contributed by atoms with van der Waals surface area (Å²) in [4.78, 5) is 4.68. The second kappa shape index (κ2) is 7.05. The Bertz CT molecular complexity index is 1130. The molecule has 28 heavy (non-hydrogen) atoms. The van der Waals surface area contributed by atoms with Crippen molar-refractivity contribution in [1.29, 1.82) is 0 Å². The van der Waals surface area contributed by atoms with Crippen molar-refractivity contribution in [3.63, 3.8) is 0 Å². The molecule has 0 amide bonds. The predicted octanol–water partition coefficient (Wildman–Crippen LogP) is 1.70. The Kier molecular flexibility index (Phi) is 4.25. The van der Waals surface area contributed by atoms with Gasteiger partial charge in [-0.2, -0.15) is 5.10 Å². The number of aryl methyl sites for hydroxylation is 2. The smallest absolute Gasteiger partial charge is 0.171 e. The molecule has 0 spiro atoms. The second-order valence-corrected chi connectivity index (χ2v) is 6.82. The summed E-state index contributed by atoms with van der Waals surface area (Å²) < 4.78 is 9.31. The van der Waals surface area contributed by atoms with E-state index in [0.29, 0.717) is 6.54 Å². The molecule has 142 valence electrons. The van der Waals surface area contributed by atoms with E-state index >= 15 is 0 Å². The average Bonchev–Trinajstić information content (AvgIpc) is 3.46. The van der Waals surface area contributed by atoms with Crippen molar-refractivity contribution in [3.05, 3.63) is 60.1 Å². The van der Waals surface area contributed by atoms with E-state index in [2.05, 4.69) is 32.4 Å². The van der Waals surface area contributed by atoms with Crippen molar-refractivity contribution in [2.24, 2.45) is 0 Å². The molecule has 1 aliphatic rings. The molecular weight excluding hydrogens is 356 g/mol. The third-order valence-corrected chi connectivity index (χ3v) is 5.14. The molecule has 0 unspecified atom stereocenters. The lowest BCUT2D eigenvalue weighted by Crippen LogP contribution is -2.04. The number of aromatic nitrogens is 6. The summed E-state index contributed by atoms with van der Waals surface area (Å²) in [5.74, 6) is 1.93. The van der Waals surface area contributed by atoms with Gasteiger partial charge in [0, 0.05) is 41.9 Å². The highest BCUT2D eigenvalue weighted by Gasteiger charge is 2.17. The van der Waals surface area contributed by atoms with Crippen LogP contribution in [0.25, 0.3) is 16.8 Å². The molecule has 1 aliphatic heterocycles. The van der Waals surface area contributed by atoms with Gasteiger partial charge in [0.2, 0.25) is 0 Å². The van der Waals surface area contributed by atoms with E-state index in [0.717, 1.165) is 54.2 Å². The van der Waals surface area contributed by atoms with Crippen LogP contribution < -0.4 is 4.74 Å². The Morgan fingerprint density at radius 1 is 1.18 bits per heavy atom. The first-order chi connectivity index (χ1) is 13.8. The van der Waals surface area contributed by atoms with Gasteiger partial charge in [-0.05, 0) is 18.1 Å². The lowest BCUT2D eigenvalue weighted by Gasteiger charge is -2.09. The molecule has 0 radical (unpaired) electrons. The van der Waals surface area contributed by atoms with Crippen LogP contribution >= 0.6 is 0 Å². The summed E-state index contributed by atoms with van der Waals surface area (Å²) >= 11 is 0. The molecule has 5 rings (SSSR count). The molecule has 0 saturated carbocycles. The highest BCUT2D eigenvalue weighted by atomic mass is 16.5. The number of hydrogen-bond donors (Lipinski definition) is 1. The Morgan fingerprint density at radius 2 is 2.14 bits per heavy atom. The molecule has 1 N–H and O–H groups in total. The molecule has 0 bridgehead atoms. The van der Waals surface area contributed by atoms with Gasteiger partial charge in [0.05, 0.1) is 26.0 Å². The Hall–Kier alpha value is -3.26. The molecular formula is C20H20N6O2. The first-order valence-corrected chi connectivity index (χ1v) is 9.38. The molecule has 4 heterocycles. The third-order valence-electron chi connectivity index (χ3n) is 5.14. The van der Waals surface area contributed by atoms with E-state index in [1.807, 2.05) is 22.9 Å². The first-order valence-electron chi connectivity index (χ1n) is 9.38. The number of ether oxygens (including phenoxy) is 1. The highest BCUT2D eigenvalue weighted by Crippen LogP contribution is 2.29. The van der Waals surface area contributed by atoms with Crippen molar-refractivity contribution >= 4 is 5.65 Å². The van der Waals surface area contributed by atoms with Crippen LogP contribution in [0.5, 0.6) is 5.75 Å². The van der Waals surface area contributed by atoms with Crippen LogP contribution in [0.2, 0.25) is 0 Å². The summed E-state index contributed by atoms with van der Waals surface area (Å²) in [6.45, 7) is 1.27. The van der Waals surface area contributed by atoms with Crippen LogP contribution in [-0.2, 0) is 25.8 Å². The zero-order valence-electron chi connectivity index (χ0n) is 15.3. The number of aliphatic hydroxyl groups excluding tert-OH is 1. The Labute approximate surface area is 161 Å². The fourth-order valence-electron chi connectivity index (χ4n) is 3.76. The van der Waals surface area contributed by atoms with Crippen molar-refractivity contribution in [2.75, 3.05) is 13.2 Å². The van der Waals surface area contributed by atoms with Crippen LogP contribution in [0, 0.1) is 0 Å². The number of aliphatic hydroxyl groups is 1. The summed E-state index contributed by atoms with van der Waals surface area (Å²) in [5, 5.41) is 21.7. The first kappa shape index (κ1) is 16.9. The fraction of sp³-hybridized carbons (Fsp3) is 0.300. The molecule has 3 aromatic heterocycles. The van der Waals surface area contributed by atoms with Gasteiger partial charge in [-0.1, -0.05) is 12.1 Å². The summed E-state index contributed by atoms with van der Waals surface area (Å²) in [5.41, 5.74) is 5.17. The van der Waals surface area contributed by atoms with Crippen LogP contribution in [-0.4, -0.2) is 47.7 Å². The molecule has 0 fully saturated rings. The molecule has 4 aromatic rings. The largest absolute Gasteiger partial charge is 0.493 e. The molecule has 8 heteroatoms. The van der Waals surface area contributed by atoms with Crippen molar-refractivity contribution in [2.45, 2.75) is 25.8 Å². The lowest BCUT2D eigenvalue weighted by molar-refractivity contribution is 0.269. The third kappa shape index (κ3) is 2.91. The topological polar surface area (TPSA) is 90.4 Å². The van der Waals surface area contributed by atoms with E-state index < -0.39 is 0 Å².